The molecule has 1 heterocycles. The van der Waals surface area contributed by atoms with Crippen LogP contribution in [0.4, 0.5) is 0 Å². The van der Waals surface area contributed by atoms with E-state index >= 15 is 0 Å². The summed E-state index contributed by atoms with van der Waals surface area (Å²) in [5.74, 6) is -0.0476. The zero-order valence-corrected chi connectivity index (χ0v) is 9.21. The molecule has 4 N–H and O–H groups in total. The number of piperazine rings is 1. The molecule has 2 amide bonds. The standard InChI is InChI=1S/C10H19N3O2/c1-2-3-4-12-9(14)7-8-10(15)13-6-5-11-8/h8,11H,2-7H2,1H3,(H,12,14)(H,13,15)/p+1/t8-/m1/s1. The molecule has 0 unspecified atom stereocenters. The van der Waals surface area contributed by atoms with Crippen molar-refractivity contribution in [3.05, 3.63) is 0 Å². The van der Waals surface area contributed by atoms with Crippen LogP contribution in [0.1, 0.15) is 26.2 Å². The van der Waals surface area contributed by atoms with Gasteiger partial charge in [-0.05, 0) is 6.42 Å². The Morgan fingerprint density at radius 1 is 1.67 bits per heavy atom. The molecule has 1 aliphatic heterocycles. The second kappa shape index (κ2) is 6.40. The minimum Gasteiger partial charge on any atom is -0.356 e. The maximum Gasteiger partial charge on any atom is 0.278 e. The van der Waals surface area contributed by atoms with Gasteiger partial charge in [0.05, 0.1) is 19.5 Å². The van der Waals surface area contributed by atoms with Gasteiger partial charge in [-0.25, -0.2) is 0 Å². The summed E-state index contributed by atoms with van der Waals surface area (Å²) in [6, 6.07) is -0.236. The lowest BCUT2D eigenvalue weighted by atomic mass is 10.1. The summed E-state index contributed by atoms with van der Waals surface area (Å²) in [5.41, 5.74) is 0. The molecule has 15 heavy (non-hydrogen) atoms. The van der Waals surface area contributed by atoms with E-state index in [2.05, 4.69) is 17.6 Å². The van der Waals surface area contributed by atoms with E-state index in [1.807, 2.05) is 5.32 Å². The SMILES string of the molecule is CCCCNC(=O)C[C@H]1[NH2+]CCNC1=O. The van der Waals surface area contributed by atoms with Crippen molar-refractivity contribution in [1.29, 1.82) is 0 Å². The molecular formula is C10H20N3O2+. The Morgan fingerprint density at radius 2 is 2.47 bits per heavy atom. The lowest BCUT2D eigenvalue weighted by Crippen LogP contribution is -2.96. The molecule has 5 heteroatoms. The Kier molecular flexibility index (Phi) is 5.10. The molecule has 0 aromatic carbocycles. The average molecular weight is 214 g/mol. The highest BCUT2D eigenvalue weighted by molar-refractivity contribution is 5.87. The van der Waals surface area contributed by atoms with E-state index in [4.69, 9.17) is 0 Å². The summed E-state index contributed by atoms with van der Waals surface area (Å²) in [5, 5.41) is 7.50. The topological polar surface area (TPSA) is 74.8 Å². The van der Waals surface area contributed by atoms with Crippen LogP contribution in [0.2, 0.25) is 0 Å². The number of hydrogen-bond donors (Lipinski definition) is 3. The van der Waals surface area contributed by atoms with Crippen molar-refractivity contribution in [2.75, 3.05) is 19.6 Å². The summed E-state index contributed by atoms with van der Waals surface area (Å²) >= 11 is 0. The number of nitrogens with one attached hydrogen (secondary N) is 2. The van der Waals surface area contributed by atoms with Crippen LogP contribution in [-0.2, 0) is 9.59 Å². The highest BCUT2D eigenvalue weighted by Crippen LogP contribution is 1.90. The highest BCUT2D eigenvalue weighted by atomic mass is 16.2. The zero-order chi connectivity index (χ0) is 11.1. The maximum atomic E-state index is 11.4. The van der Waals surface area contributed by atoms with Gasteiger partial charge in [0.15, 0.2) is 6.04 Å². The third-order valence-corrected chi connectivity index (χ3v) is 2.49. The number of carbonyl (C=O) groups excluding carboxylic acids is 2. The van der Waals surface area contributed by atoms with Crippen LogP contribution < -0.4 is 16.0 Å². The fraction of sp³-hybridized carbons (Fsp3) is 0.800. The Balaban J connectivity index is 2.21. The van der Waals surface area contributed by atoms with Gasteiger partial charge in [0.1, 0.15) is 0 Å². The minimum absolute atomic E-state index is 0.0214. The van der Waals surface area contributed by atoms with Crippen molar-refractivity contribution in [2.24, 2.45) is 0 Å². The van der Waals surface area contributed by atoms with Gasteiger partial charge in [0, 0.05) is 6.54 Å². The Labute approximate surface area is 90.0 Å². The molecule has 0 aliphatic carbocycles. The molecule has 1 saturated heterocycles. The van der Waals surface area contributed by atoms with Crippen molar-refractivity contribution >= 4 is 11.8 Å². The fourth-order valence-corrected chi connectivity index (χ4v) is 1.57. The van der Waals surface area contributed by atoms with Gasteiger partial charge in [-0.15, -0.1) is 0 Å². The third-order valence-electron chi connectivity index (χ3n) is 2.49. The van der Waals surface area contributed by atoms with Gasteiger partial charge in [0.25, 0.3) is 5.91 Å². The lowest BCUT2D eigenvalue weighted by Gasteiger charge is -2.19. The average Bonchev–Trinajstić information content (AvgIpc) is 2.22. The minimum atomic E-state index is -0.236. The second-order valence-electron chi connectivity index (χ2n) is 3.83. The van der Waals surface area contributed by atoms with Crippen molar-refractivity contribution in [3.63, 3.8) is 0 Å². The Morgan fingerprint density at radius 3 is 3.13 bits per heavy atom. The predicted molar refractivity (Wildman–Crippen MR) is 56.1 cm³/mol. The molecule has 0 spiro atoms. The predicted octanol–water partition coefficient (Wildman–Crippen LogP) is -1.65. The molecule has 0 bridgehead atoms. The molecule has 0 aromatic rings. The van der Waals surface area contributed by atoms with Gasteiger partial charge in [0.2, 0.25) is 5.91 Å². The first-order valence-electron chi connectivity index (χ1n) is 5.61. The van der Waals surface area contributed by atoms with Gasteiger partial charge in [-0.2, -0.15) is 0 Å². The summed E-state index contributed by atoms with van der Waals surface area (Å²) in [6.45, 7) is 4.35. The van der Waals surface area contributed by atoms with Crippen LogP contribution in [-0.4, -0.2) is 37.5 Å². The number of nitrogens with two attached hydrogens (primary N) is 1. The first-order chi connectivity index (χ1) is 7.24. The van der Waals surface area contributed by atoms with Crippen LogP contribution in [0, 0.1) is 0 Å². The monoisotopic (exact) mass is 214 g/mol. The molecule has 86 valence electrons. The zero-order valence-electron chi connectivity index (χ0n) is 9.21. The molecule has 5 nitrogen and oxygen atoms in total. The molecule has 1 aliphatic rings. The van der Waals surface area contributed by atoms with Crippen LogP contribution >= 0.6 is 0 Å². The van der Waals surface area contributed by atoms with E-state index in [1.165, 1.54) is 0 Å². The summed E-state index contributed by atoms with van der Waals surface area (Å²) in [6.07, 6.45) is 2.35. The van der Waals surface area contributed by atoms with Crippen LogP contribution in [0.25, 0.3) is 0 Å². The lowest BCUT2D eigenvalue weighted by molar-refractivity contribution is -0.678. The number of rotatable bonds is 5. The van der Waals surface area contributed by atoms with E-state index in [1.54, 1.807) is 0 Å². The smallest absolute Gasteiger partial charge is 0.278 e. The van der Waals surface area contributed by atoms with E-state index in [9.17, 15) is 9.59 Å². The van der Waals surface area contributed by atoms with Gasteiger partial charge in [-0.1, -0.05) is 13.3 Å². The number of carbonyl (C=O) groups is 2. The van der Waals surface area contributed by atoms with Gasteiger partial charge < -0.3 is 16.0 Å². The van der Waals surface area contributed by atoms with Crippen molar-refractivity contribution in [3.8, 4) is 0 Å². The van der Waals surface area contributed by atoms with Gasteiger partial charge in [-0.3, -0.25) is 9.59 Å². The van der Waals surface area contributed by atoms with E-state index in [0.29, 0.717) is 13.1 Å². The quantitative estimate of drug-likeness (QED) is 0.480. The van der Waals surface area contributed by atoms with Gasteiger partial charge >= 0.3 is 0 Å². The highest BCUT2D eigenvalue weighted by Gasteiger charge is 2.27. The van der Waals surface area contributed by atoms with Crippen molar-refractivity contribution in [1.82, 2.24) is 10.6 Å². The first-order valence-corrected chi connectivity index (χ1v) is 5.61. The number of quaternary nitrogens is 1. The summed E-state index contributed by atoms with van der Waals surface area (Å²) in [7, 11) is 0. The molecule has 0 saturated carbocycles. The van der Waals surface area contributed by atoms with Crippen LogP contribution in [0.3, 0.4) is 0 Å². The largest absolute Gasteiger partial charge is 0.356 e. The molecular weight excluding hydrogens is 194 g/mol. The maximum absolute atomic E-state index is 11.4. The fourth-order valence-electron chi connectivity index (χ4n) is 1.57. The second-order valence-corrected chi connectivity index (χ2v) is 3.83. The van der Waals surface area contributed by atoms with E-state index in [-0.39, 0.29) is 24.3 Å². The van der Waals surface area contributed by atoms with E-state index < -0.39 is 0 Å². The molecule has 1 rings (SSSR count). The van der Waals surface area contributed by atoms with Crippen LogP contribution in [0.15, 0.2) is 0 Å². The normalized spacial score (nSPS) is 20.9. The molecule has 0 aromatic heterocycles. The molecule has 0 radical (unpaired) electrons. The molecule has 1 atom stereocenters. The van der Waals surface area contributed by atoms with Crippen LogP contribution in [0.5, 0.6) is 0 Å². The molecule has 1 fully saturated rings. The Hall–Kier alpha value is -1.10. The Bertz CT molecular complexity index is 231. The summed E-state index contributed by atoms with van der Waals surface area (Å²) < 4.78 is 0. The number of amides is 2. The number of unbranched alkanes of at least 4 members (excludes halogenated alkanes) is 1. The summed E-state index contributed by atoms with van der Waals surface area (Å²) in [4.78, 5) is 22.8. The van der Waals surface area contributed by atoms with Crippen molar-refractivity contribution in [2.45, 2.75) is 32.2 Å². The van der Waals surface area contributed by atoms with Crippen molar-refractivity contribution < 1.29 is 14.9 Å². The third kappa shape index (κ3) is 4.29. The number of hydrogen-bond acceptors (Lipinski definition) is 2. The first kappa shape index (κ1) is 12.0. The van der Waals surface area contributed by atoms with E-state index in [0.717, 1.165) is 19.4 Å².